The molecule has 1 amide bonds. The minimum Gasteiger partial charge on any atom is -0.493 e. The number of carbonyl (C=O) groups is 1. The molecule has 1 aliphatic carbocycles. The maximum atomic E-state index is 12.5. The standard InChI is InChI=1S/C19H28N2O3/c1-13(19(22)20-16-6-4-5-7-16)21-9-8-14-10-17(23-2)18(24-3)11-15(14)12-21/h10-11,13,16H,4-9,12H2,1-3H3,(H,20,22)/t13-/m0/s1. The highest BCUT2D eigenvalue weighted by Crippen LogP contribution is 2.33. The summed E-state index contributed by atoms with van der Waals surface area (Å²) in [5, 5.41) is 3.22. The molecule has 1 atom stereocenters. The van der Waals surface area contributed by atoms with Gasteiger partial charge in [-0.15, -0.1) is 0 Å². The molecule has 2 aliphatic rings. The number of carbonyl (C=O) groups excluding carboxylic acids is 1. The topological polar surface area (TPSA) is 50.8 Å². The van der Waals surface area contributed by atoms with Crippen molar-refractivity contribution in [2.45, 2.75) is 57.7 Å². The summed E-state index contributed by atoms with van der Waals surface area (Å²) in [6.07, 6.45) is 5.64. The van der Waals surface area contributed by atoms with Crippen LogP contribution in [-0.4, -0.2) is 43.7 Å². The molecule has 5 heteroatoms. The quantitative estimate of drug-likeness (QED) is 0.900. The zero-order valence-electron chi connectivity index (χ0n) is 14.9. The third kappa shape index (κ3) is 3.51. The van der Waals surface area contributed by atoms with Gasteiger partial charge in [0.05, 0.1) is 20.3 Å². The molecule has 1 aliphatic heterocycles. The van der Waals surface area contributed by atoms with Crippen LogP contribution < -0.4 is 14.8 Å². The number of hydrogen-bond donors (Lipinski definition) is 1. The second-order valence-corrected chi connectivity index (χ2v) is 6.86. The molecule has 1 fully saturated rings. The summed E-state index contributed by atoms with van der Waals surface area (Å²) < 4.78 is 10.8. The smallest absolute Gasteiger partial charge is 0.237 e. The Morgan fingerprint density at radius 1 is 1.17 bits per heavy atom. The summed E-state index contributed by atoms with van der Waals surface area (Å²) in [6, 6.07) is 4.38. The third-order valence-electron chi connectivity index (χ3n) is 5.38. The number of fused-ring (bicyclic) bond motifs is 1. The molecule has 0 saturated heterocycles. The van der Waals surface area contributed by atoms with Gasteiger partial charge in [0.15, 0.2) is 11.5 Å². The van der Waals surface area contributed by atoms with Crippen LogP contribution >= 0.6 is 0 Å². The molecule has 1 saturated carbocycles. The van der Waals surface area contributed by atoms with Crippen molar-refractivity contribution in [2.75, 3.05) is 20.8 Å². The van der Waals surface area contributed by atoms with E-state index in [0.717, 1.165) is 43.9 Å². The van der Waals surface area contributed by atoms with Crippen LogP contribution in [0.2, 0.25) is 0 Å². The van der Waals surface area contributed by atoms with Crippen molar-refractivity contribution in [1.82, 2.24) is 10.2 Å². The van der Waals surface area contributed by atoms with Gasteiger partial charge < -0.3 is 14.8 Å². The van der Waals surface area contributed by atoms with Gasteiger partial charge in [0.2, 0.25) is 5.91 Å². The molecule has 0 spiro atoms. The fourth-order valence-electron chi connectivity index (χ4n) is 3.79. The molecule has 5 nitrogen and oxygen atoms in total. The van der Waals surface area contributed by atoms with Gasteiger partial charge in [-0.25, -0.2) is 0 Å². The van der Waals surface area contributed by atoms with Crippen molar-refractivity contribution in [3.63, 3.8) is 0 Å². The SMILES string of the molecule is COc1cc2c(cc1OC)CN([C@@H](C)C(=O)NC1CCCC1)CC2. The highest BCUT2D eigenvalue weighted by atomic mass is 16.5. The normalized spacial score (nSPS) is 19.6. The number of methoxy groups -OCH3 is 2. The van der Waals surface area contributed by atoms with Crippen LogP contribution in [0.4, 0.5) is 0 Å². The molecule has 0 unspecified atom stereocenters. The second-order valence-electron chi connectivity index (χ2n) is 6.86. The summed E-state index contributed by atoms with van der Waals surface area (Å²) in [7, 11) is 3.32. The summed E-state index contributed by atoms with van der Waals surface area (Å²) in [5.41, 5.74) is 2.51. The zero-order valence-corrected chi connectivity index (χ0v) is 14.9. The van der Waals surface area contributed by atoms with Crippen molar-refractivity contribution in [1.29, 1.82) is 0 Å². The average molecular weight is 332 g/mol. The first-order chi connectivity index (χ1) is 11.6. The molecule has 1 aromatic carbocycles. The molecule has 1 heterocycles. The van der Waals surface area contributed by atoms with E-state index in [1.807, 2.05) is 13.0 Å². The van der Waals surface area contributed by atoms with E-state index >= 15 is 0 Å². The van der Waals surface area contributed by atoms with Crippen LogP contribution in [0.15, 0.2) is 12.1 Å². The zero-order chi connectivity index (χ0) is 17.1. The first-order valence-electron chi connectivity index (χ1n) is 8.90. The van der Waals surface area contributed by atoms with Crippen LogP contribution in [0.25, 0.3) is 0 Å². The van der Waals surface area contributed by atoms with Crippen molar-refractivity contribution in [2.24, 2.45) is 0 Å². The minimum atomic E-state index is -0.105. The number of nitrogens with zero attached hydrogens (tertiary/aromatic N) is 1. The van der Waals surface area contributed by atoms with E-state index in [-0.39, 0.29) is 11.9 Å². The van der Waals surface area contributed by atoms with Crippen LogP contribution in [0, 0.1) is 0 Å². The number of amides is 1. The summed E-state index contributed by atoms with van der Waals surface area (Å²) in [4.78, 5) is 14.8. The Kier molecular flexibility index (Phi) is 5.29. The Morgan fingerprint density at radius 2 is 1.79 bits per heavy atom. The van der Waals surface area contributed by atoms with Crippen LogP contribution in [-0.2, 0) is 17.8 Å². The number of rotatable bonds is 5. The van der Waals surface area contributed by atoms with Gasteiger partial charge in [-0.2, -0.15) is 0 Å². The summed E-state index contributed by atoms with van der Waals surface area (Å²) >= 11 is 0. The molecule has 132 valence electrons. The number of hydrogen-bond acceptors (Lipinski definition) is 4. The molecular weight excluding hydrogens is 304 g/mol. The maximum absolute atomic E-state index is 12.5. The van der Waals surface area contributed by atoms with Crippen molar-refractivity contribution < 1.29 is 14.3 Å². The maximum Gasteiger partial charge on any atom is 0.237 e. The average Bonchev–Trinajstić information content (AvgIpc) is 3.12. The van der Waals surface area contributed by atoms with Gasteiger partial charge >= 0.3 is 0 Å². The fourth-order valence-corrected chi connectivity index (χ4v) is 3.79. The van der Waals surface area contributed by atoms with Gasteiger partial charge in [0.1, 0.15) is 0 Å². The Hall–Kier alpha value is -1.75. The predicted molar refractivity (Wildman–Crippen MR) is 93.5 cm³/mol. The Labute approximate surface area is 144 Å². The molecule has 1 N–H and O–H groups in total. The largest absolute Gasteiger partial charge is 0.493 e. The Morgan fingerprint density at radius 3 is 2.42 bits per heavy atom. The van der Waals surface area contributed by atoms with E-state index in [0.29, 0.717) is 6.04 Å². The lowest BCUT2D eigenvalue weighted by Crippen LogP contribution is -2.49. The lowest BCUT2D eigenvalue weighted by atomic mass is 9.97. The third-order valence-corrected chi connectivity index (χ3v) is 5.38. The minimum absolute atomic E-state index is 0.105. The highest BCUT2D eigenvalue weighted by Gasteiger charge is 2.28. The first-order valence-corrected chi connectivity index (χ1v) is 8.90. The lowest BCUT2D eigenvalue weighted by Gasteiger charge is -2.33. The van der Waals surface area contributed by atoms with E-state index in [1.165, 1.54) is 24.0 Å². The number of benzene rings is 1. The fraction of sp³-hybridized carbons (Fsp3) is 0.632. The number of nitrogens with one attached hydrogen (secondary N) is 1. The molecule has 0 aromatic heterocycles. The van der Waals surface area contributed by atoms with Gasteiger partial charge in [-0.05, 0) is 49.4 Å². The summed E-state index contributed by atoms with van der Waals surface area (Å²) in [6.45, 7) is 3.67. The molecule has 0 radical (unpaired) electrons. The lowest BCUT2D eigenvalue weighted by molar-refractivity contribution is -0.126. The molecular formula is C19H28N2O3. The molecule has 3 rings (SSSR count). The predicted octanol–water partition coefficient (Wildman–Crippen LogP) is 2.51. The van der Waals surface area contributed by atoms with Crippen molar-refractivity contribution in [3.8, 4) is 11.5 Å². The van der Waals surface area contributed by atoms with E-state index in [4.69, 9.17) is 9.47 Å². The van der Waals surface area contributed by atoms with E-state index < -0.39 is 0 Å². The Balaban J connectivity index is 1.68. The monoisotopic (exact) mass is 332 g/mol. The number of ether oxygens (including phenoxy) is 2. The van der Waals surface area contributed by atoms with Gasteiger partial charge in [0, 0.05) is 19.1 Å². The van der Waals surface area contributed by atoms with Gasteiger partial charge in [-0.3, -0.25) is 9.69 Å². The van der Waals surface area contributed by atoms with Crippen molar-refractivity contribution in [3.05, 3.63) is 23.3 Å². The summed E-state index contributed by atoms with van der Waals surface area (Å²) in [5.74, 6) is 1.68. The molecule has 0 bridgehead atoms. The van der Waals surface area contributed by atoms with Crippen molar-refractivity contribution >= 4 is 5.91 Å². The molecule has 1 aromatic rings. The second kappa shape index (κ2) is 7.43. The van der Waals surface area contributed by atoms with E-state index in [9.17, 15) is 4.79 Å². The van der Waals surface area contributed by atoms with E-state index in [2.05, 4.69) is 16.3 Å². The highest BCUT2D eigenvalue weighted by molar-refractivity contribution is 5.81. The van der Waals surface area contributed by atoms with Crippen LogP contribution in [0.3, 0.4) is 0 Å². The van der Waals surface area contributed by atoms with Crippen LogP contribution in [0.5, 0.6) is 11.5 Å². The van der Waals surface area contributed by atoms with E-state index in [1.54, 1.807) is 14.2 Å². The van der Waals surface area contributed by atoms with Gasteiger partial charge in [0.25, 0.3) is 0 Å². The van der Waals surface area contributed by atoms with Crippen LogP contribution in [0.1, 0.15) is 43.7 Å². The Bertz CT molecular complexity index is 597. The molecule has 24 heavy (non-hydrogen) atoms. The first kappa shape index (κ1) is 17.1. The van der Waals surface area contributed by atoms with Gasteiger partial charge in [-0.1, -0.05) is 12.8 Å².